The number of aromatic nitrogens is 1. The Morgan fingerprint density at radius 2 is 0.784 bits per heavy atom. The van der Waals surface area contributed by atoms with Crippen LogP contribution in [0.1, 0.15) is 125 Å². The molecule has 0 radical (unpaired) electrons. The summed E-state index contributed by atoms with van der Waals surface area (Å²) in [5, 5.41) is 0. The van der Waals surface area contributed by atoms with E-state index < -0.39 is 40.5 Å². The van der Waals surface area contributed by atoms with Gasteiger partial charge in [0.15, 0.2) is 11.6 Å². The molecule has 1 aromatic heterocycles. The first-order valence-electron chi connectivity index (χ1n) is 32.4. The molecule has 11 aromatic rings. The molecule has 1 N–H and O–H groups in total. The number of benzene rings is 10. The first kappa shape index (κ1) is 66.9. The molecule has 0 atom stereocenters. The lowest BCUT2D eigenvalue weighted by molar-refractivity contribution is 0.103. The van der Waals surface area contributed by atoms with Gasteiger partial charge in [-0.2, -0.15) is 8.42 Å². The van der Waals surface area contributed by atoms with Crippen molar-refractivity contribution in [3.8, 4) is 56.9 Å². The highest BCUT2D eigenvalue weighted by Crippen LogP contribution is 2.45. The zero-order valence-corrected chi connectivity index (χ0v) is 56.1. The number of rotatable bonds is 19. The summed E-state index contributed by atoms with van der Waals surface area (Å²) in [5.41, 5.74) is 6.60. The number of pyridine rings is 1. The van der Waals surface area contributed by atoms with Gasteiger partial charge in [-0.05, 0) is 212 Å². The number of nitrogens with zero attached hydrogens (tertiary/aromatic N) is 1. The van der Waals surface area contributed by atoms with Crippen LogP contribution in [0.5, 0.6) is 34.6 Å². The standard InChI is InChI=1S/C81H71NO12S3/c1-56-18-40-69(41-19-56)95(85,86)71-44-36-66(37-45-71)92-64-32-26-62(27-33-64)81(50-11-8-6-4-3-5-7-9-12-51-81)63-28-34-65(35-29-63)93-67-38-46-72(47-39-67)96(87,88)70-42-23-58(24-43-70)74-49-25-60(55-77(74)79(83)59-21-30-68(31-22-59)94-78-17-10-13-52-82-78)75-48-20-57(2)53-76(75)80(84)61-15-14-16-73(54-61)97(89,90)91/h10,13-49,52-55H,3-9,11-12,50-51H2,1-2H3,(H,89,90,91). The van der Waals surface area contributed by atoms with Crippen LogP contribution in [0.25, 0.3) is 22.3 Å². The molecule has 12 rings (SSSR count). The molecule has 13 nitrogen and oxygen atoms in total. The lowest BCUT2D eigenvalue weighted by Gasteiger charge is -2.36. The Kier molecular flexibility index (Phi) is 20.1. The van der Waals surface area contributed by atoms with E-state index in [9.17, 15) is 39.4 Å². The number of ether oxygens (including phenoxy) is 3. The first-order chi connectivity index (χ1) is 46.8. The summed E-state index contributed by atoms with van der Waals surface area (Å²) in [6.45, 7) is 3.73. The largest absolute Gasteiger partial charge is 0.457 e. The molecule has 10 aromatic carbocycles. The molecule has 1 aliphatic carbocycles. The Morgan fingerprint density at radius 1 is 0.371 bits per heavy atom. The molecule has 1 fully saturated rings. The van der Waals surface area contributed by atoms with Gasteiger partial charge >= 0.3 is 0 Å². The Morgan fingerprint density at radius 3 is 1.29 bits per heavy atom. The second kappa shape index (κ2) is 29.1. The Bertz CT molecular complexity index is 4980. The SMILES string of the molecule is Cc1ccc(S(=O)(=O)c2ccc(Oc3ccc(C4(c5ccc(Oc6ccc(S(=O)(=O)c7ccc(-c8ccc(-c9ccc(C)cc9C(=O)c9cccc(S(=O)(=O)O)c9)cc8C(=O)c8ccc(Oc9ccccn9)cc8)cc7)cc6)cc5)CCCCCCCCCCC4)cc3)cc2)cc1. The zero-order valence-electron chi connectivity index (χ0n) is 53.6. The van der Waals surface area contributed by atoms with Crippen molar-refractivity contribution in [2.75, 3.05) is 0 Å². The van der Waals surface area contributed by atoms with E-state index in [1.54, 1.807) is 152 Å². The van der Waals surface area contributed by atoms with Crippen molar-refractivity contribution in [3.05, 3.63) is 299 Å². The molecule has 1 saturated carbocycles. The van der Waals surface area contributed by atoms with Crippen LogP contribution in [0.3, 0.4) is 0 Å². The molecular formula is C81H71NO12S3. The van der Waals surface area contributed by atoms with Gasteiger partial charge in [0.25, 0.3) is 10.1 Å². The fourth-order valence-corrected chi connectivity index (χ4v) is 15.7. The maximum absolute atomic E-state index is 14.9. The minimum atomic E-state index is -4.61. The van der Waals surface area contributed by atoms with Gasteiger partial charge in [0.1, 0.15) is 28.7 Å². The Hall–Kier alpha value is -10.1. The van der Waals surface area contributed by atoms with Crippen LogP contribution in [-0.2, 0) is 35.2 Å². The minimum Gasteiger partial charge on any atom is -0.457 e. The van der Waals surface area contributed by atoms with Gasteiger partial charge in [-0.15, -0.1) is 0 Å². The molecule has 0 saturated heterocycles. The van der Waals surface area contributed by atoms with Crippen molar-refractivity contribution < 1.29 is 53.6 Å². The zero-order chi connectivity index (χ0) is 67.7. The highest BCUT2D eigenvalue weighted by molar-refractivity contribution is 7.91. The van der Waals surface area contributed by atoms with E-state index in [-0.39, 0.29) is 47.5 Å². The number of carbonyl (C=O) groups is 2. The predicted octanol–water partition coefficient (Wildman–Crippen LogP) is 19.4. The molecular weight excluding hydrogens is 1280 g/mol. The third-order valence-electron chi connectivity index (χ3n) is 17.9. The second-order valence-electron chi connectivity index (χ2n) is 24.6. The van der Waals surface area contributed by atoms with Crippen LogP contribution in [-0.4, -0.2) is 46.4 Å². The molecule has 0 aliphatic heterocycles. The monoisotopic (exact) mass is 1350 g/mol. The molecule has 97 heavy (non-hydrogen) atoms. The van der Waals surface area contributed by atoms with E-state index in [2.05, 4.69) is 29.2 Å². The van der Waals surface area contributed by atoms with Gasteiger partial charge in [-0.3, -0.25) is 14.1 Å². The lowest BCUT2D eigenvalue weighted by Crippen LogP contribution is -2.28. The average Bonchev–Trinajstić information content (AvgIpc) is 0.792. The van der Waals surface area contributed by atoms with Gasteiger partial charge in [-0.1, -0.05) is 160 Å². The summed E-state index contributed by atoms with van der Waals surface area (Å²) in [6, 6.07) is 69.9. The normalized spacial score (nSPS) is 13.9. The van der Waals surface area contributed by atoms with Crippen LogP contribution in [0, 0.1) is 13.8 Å². The third kappa shape index (κ3) is 15.4. The van der Waals surface area contributed by atoms with Gasteiger partial charge in [0, 0.05) is 39.9 Å². The fraction of sp³-hybridized carbons (Fsp3) is 0.173. The Labute approximate surface area is 567 Å². The molecule has 1 aliphatic rings. The number of hydrogen-bond donors (Lipinski definition) is 1. The summed E-state index contributed by atoms with van der Waals surface area (Å²) >= 11 is 0. The summed E-state index contributed by atoms with van der Waals surface area (Å²) in [7, 11) is -12.4. The van der Waals surface area contributed by atoms with Gasteiger partial charge in [-0.25, -0.2) is 21.8 Å². The van der Waals surface area contributed by atoms with Crippen LogP contribution < -0.4 is 14.2 Å². The van der Waals surface area contributed by atoms with Crippen molar-refractivity contribution in [3.63, 3.8) is 0 Å². The van der Waals surface area contributed by atoms with E-state index in [4.69, 9.17) is 14.2 Å². The van der Waals surface area contributed by atoms with E-state index >= 15 is 0 Å². The average molecular weight is 1350 g/mol. The second-order valence-corrected chi connectivity index (χ2v) is 29.9. The Balaban J connectivity index is 0.778. The minimum absolute atomic E-state index is 0.0243. The summed E-state index contributed by atoms with van der Waals surface area (Å²) in [5.74, 6) is 2.15. The molecule has 0 spiro atoms. The molecule has 490 valence electrons. The predicted molar refractivity (Wildman–Crippen MR) is 375 cm³/mol. The van der Waals surface area contributed by atoms with Gasteiger partial charge in [0.2, 0.25) is 25.6 Å². The van der Waals surface area contributed by atoms with Crippen LogP contribution in [0.15, 0.2) is 279 Å². The van der Waals surface area contributed by atoms with Crippen molar-refractivity contribution >= 4 is 41.4 Å². The van der Waals surface area contributed by atoms with Crippen LogP contribution in [0.4, 0.5) is 0 Å². The first-order valence-corrected chi connectivity index (χ1v) is 36.8. The number of ketones is 2. The van der Waals surface area contributed by atoms with Crippen molar-refractivity contribution in [2.45, 2.75) is 114 Å². The van der Waals surface area contributed by atoms with E-state index in [1.807, 2.05) is 44.2 Å². The maximum Gasteiger partial charge on any atom is 0.294 e. The third-order valence-corrected chi connectivity index (χ3v) is 22.4. The number of hydrogen-bond acceptors (Lipinski definition) is 12. The topological polar surface area (TPSA) is 197 Å². The van der Waals surface area contributed by atoms with E-state index in [1.165, 1.54) is 85.7 Å². The number of aryl methyl sites for hydroxylation is 2. The van der Waals surface area contributed by atoms with Crippen LogP contribution in [0.2, 0.25) is 0 Å². The van der Waals surface area contributed by atoms with Crippen molar-refractivity contribution in [1.82, 2.24) is 4.98 Å². The van der Waals surface area contributed by atoms with Gasteiger partial charge in [0.05, 0.1) is 24.5 Å². The fourth-order valence-electron chi connectivity index (χ4n) is 12.7. The maximum atomic E-state index is 14.9. The van der Waals surface area contributed by atoms with E-state index in [0.29, 0.717) is 62.4 Å². The van der Waals surface area contributed by atoms with Gasteiger partial charge < -0.3 is 14.2 Å². The van der Waals surface area contributed by atoms with E-state index in [0.717, 1.165) is 55.7 Å². The lowest BCUT2D eigenvalue weighted by atomic mass is 9.67. The molecule has 0 unspecified atom stereocenters. The number of carbonyl (C=O) groups excluding carboxylic acids is 2. The van der Waals surface area contributed by atoms with Crippen LogP contribution >= 0.6 is 0 Å². The molecule has 16 heteroatoms. The molecule has 1 heterocycles. The quantitative estimate of drug-likeness (QED) is 0.0593. The molecule has 0 amide bonds. The highest BCUT2D eigenvalue weighted by atomic mass is 32.2. The summed E-state index contributed by atoms with van der Waals surface area (Å²) < 4.78 is 108. The number of sulfone groups is 2. The highest BCUT2D eigenvalue weighted by Gasteiger charge is 2.34. The van der Waals surface area contributed by atoms with Crippen molar-refractivity contribution in [2.24, 2.45) is 0 Å². The molecule has 0 bridgehead atoms. The van der Waals surface area contributed by atoms with Crippen molar-refractivity contribution in [1.29, 1.82) is 0 Å². The smallest absolute Gasteiger partial charge is 0.294 e. The summed E-state index contributed by atoms with van der Waals surface area (Å²) in [4.78, 5) is 33.4. The summed E-state index contributed by atoms with van der Waals surface area (Å²) in [6.07, 6.45) is 14.1.